The average molecular weight is 303 g/mol. The number of hydrogen-bond donors (Lipinski definition) is 1. The van der Waals surface area contributed by atoms with E-state index < -0.39 is 6.36 Å². The summed E-state index contributed by atoms with van der Waals surface area (Å²) in [6.45, 7) is 0. The highest BCUT2D eigenvalue weighted by Crippen LogP contribution is 2.42. The van der Waals surface area contributed by atoms with Gasteiger partial charge in [-0.3, -0.25) is 0 Å². The van der Waals surface area contributed by atoms with Crippen molar-refractivity contribution in [3.05, 3.63) is 29.8 Å². The Bertz CT molecular complexity index is 467. The van der Waals surface area contributed by atoms with Crippen LogP contribution in [0.2, 0.25) is 0 Å². The molecule has 1 unspecified atom stereocenters. The van der Waals surface area contributed by atoms with Crippen molar-refractivity contribution in [1.29, 1.82) is 0 Å². The summed E-state index contributed by atoms with van der Waals surface area (Å²) in [5.74, 6) is -0.194. The van der Waals surface area contributed by atoms with Gasteiger partial charge in [-0.25, -0.2) is 0 Å². The van der Waals surface area contributed by atoms with Gasteiger partial charge in [-0.15, -0.1) is 13.2 Å². The van der Waals surface area contributed by atoms with E-state index in [4.69, 9.17) is 4.74 Å². The molecule has 0 radical (unpaired) electrons. The Labute approximate surface area is 122 Å². The van der Waals surface area contributed by atoms with Crippen LogP contribution in [0.15, 0.2) is 24.3 Å². The molecule has 21 heavy (non-hydrogen) atoms. The molecule has 1 aliphatic rings. The maximum atomic E-state index is 12.3. The van der Waals surface area contributed by atoms with E-state index in [1.165, 1.54) is 12.1 Å². The van der Waals surface area contributed by atoms with Gasteiger partial charge in [0.2, 0.25) is 0 Å². The zero-order valence-electron chi connectivity index (χ0n) is 12.2. The molecule has 0 aliphatic heterocycles. The zero-order chi connectivity index (χ0) is 15.5. The Hall–Kier alpha value is -1.27. The number of alkyl halides is 3. The van der Waals surface area contributed by atoms with Crippen LogP contribution in [0.1, 0.15) is 37.3 Å². The van der Waals surface area contributed by atoms with Gasteiger partial charge in [0.25, 0.3) is 0 Å². The van der Waals surface area contributed by atoms with Crippen molar-refractivity contribution in [1.82, 2.24) is 5.32 Å². The first kappa shape index (κ1) is 16.1. The van der Waals surface area contributed by atoms with Crippen molar-refractivity contribution in [2.24, 2.45) is 0 Å². The van der Waals surface area contributed by atoms with Gasteiger partial charge in [0, 0.05) is 13.2 Å². The molecule has 1 aliphatic carbocycles. The smallest absolute Gasteiger partial charge is 0.406 e. The molecular formula is C15H20F3NO2. The third-order valence-corrected chi connectivity index (χ3v) is 4.12. The fourth-order valence-corrected chi connectivity index (χ4v) is 2.75. The fourth-order valence-electron chi connectivity index (χ4n) is 2.75. The summed E-state index contributed by atoms with van der Waals surface area (Å²) in [6, 6.07) is 6.03. The van der Waals surface area contributed by atoms with E-state index in [2.05, 4.69) is 10.1 Å². The van der Waals surface area contributed by atoms with Gasteiger partial charge >= 0.3 is 6.36 Å². The molecule has 1 atom stereocenters. The molecule has 1 aromatic carbocycles. The van der Waals surface area contributed by atoms with Crippen LogP contribution in [0.25, 0.3) is 0 Å². The first-order valence-corrected chi connectivity index (χ1v) is 6.96. The predicted octanol–water partition coefficient (Wildman–Crippen LogP) is 3.80. The van der Waals surface area contributed by atoms with Crippen LogP contribution in [-0.2, 0) is 4.74 Å². The number of methoxy groups -OCH3 is 1. The van der Waals surface area contributed by atoms with Crippen molar-refractivity contribution < 1.29 is 22.6 Å². The molecule has 6 heteroatoms. The lowest BCUT2D eigenvalue weighted by Crippen LogP contribution is -2.42. The average Bonchev–Trinajstić information content (AvgIpc) is 2.37. The van der Waals surface area contributed by atoms with Gasteiger partial charge in [0.1, 0.15) is 5.75 Å². The second-order valence-corrected chi connectivity index (χ2v) is 5.41. The molecule has 0 amide bonds. The van der Waals surface area contributed by atoms with E-state index in [9.17, 15) is 13.2 Å². The minimum Gasteiger partial charge on any atom is -0.406 e. The first-order valence-electron chi connectivity index (χ1n) is 6.96. The van der Waals surface area contributed by atoms with Crippen LogP contribution >= 0.6 is 0 Å². The first-order chi connectivity index (χ1) is 9.87. The molecule has 3 nitrogen and oxygen atoms in total. The van der Waals surface area contributed by atoms with E-state index in [0.717, 1.165) is 31.2 Å². The number of halogens is 3. The minimum atomic E-state index is -4.67. The Morgan fingerprint density at radius 3 is 2.52 bits per heavy atom. The summed E-state index contributed by atoms with van der Waals surface area (Å²) in [4.78, 5) is 0. The minimum absolute atomic E-state index is 0.0676. The van der Waals surface area contributed by atoms with Crippen LogP contribution in [0.5, 0.6) is 5.75 Å². The highest BCUT2D eigenvalue weighted by Gasteiger charge is 2.39. The van der Waals surface area contributed by atoms with Crippen LogP contribution in [0.3, 0.4) is 0 Å². The van der Waals surface area contributed by atoms with Crippen LogP contribution in [0.4, 0.5) is 13.2 Å². The molecule has 0 heterocycles. The zero-order valence-corrected chi connectivity index (χ0v) is 12.2. The molecule has 0 saturated heterocycles. The molecule has 2 rings (SSSR count). The third-order valence-electron chi connectivity index (χ3n) is 4.12. The van der Waals surface area contributed by atoms with Gasteiger partial charge < -0.3 is 14.8 Å². The van der Waals surface area contributed by atoms with Crippen molar-refractivity contribution in [3.8, 4) is 5.75 Å². The number of benzene rings is 1. The molecular weight excluding hydrogens is 283 g/mol. The molecule has 1 saturated carbocycles. The number of ether oxygens (including phenoxy) is 2. The summed E-state index contributed by atoms with van der Waals surface area (Å²) in [5.41, 5.74) is 0.608. The van der Waals surface area contributed by atoms with Crippen molar-refractivity contribution in [3.63, 3.8) is 0 Å². The monoisotopic (exact) mass is 303 g/mol. The molecule has 1 aromatic rings. The second kappa shape index (κ2) is 6.23. The van der Waals surface area contributed by atoms with Crippen LogP contribution < -0.4 is 10.1 Å². The van der Waals surface area contributed by atoms with Crippen molar-refractivity contribution in [2.45, 2.75) is 43.7 Å². The number of hydrogen-bond acceptors (Lipinski definition) is 3. The topological polar surface area (TPSA) is 30.5 Å². The van der Waals surface area contributed by atoms with Crippen molar-refractivity contribution in [2.75, 3.05) is 14.2 Å². The maximum absolute atomic E-state index is 12.3. The third kappa shape index (κ3) is 4.11. The van der Waals surface area contributed by atoms with Gasteiger partial charge in [-0.2, -0.15) is 0 Å². The van der Waals surface area contributed by atoms with Gasteiger partial charge in [-0.1, -0.05) is 12.1 Å². The molecule has 0 bridgehead atoms. The highest BCUT2D eigenvalue weighted by atomic mass is 19.4. The lowest BCUT2D eigenvalue weighted by molar-refractivity contribution is -0.274. The Morgan fingerprint density at radius 2 is 2.05 bits per heavy atom. The van der Waals surface area contributed by atoms with E-state index in [1.54, 1.807) is 26.3 Å². The Kier molecular flexibility index (Phi) is 4.78. The molecule has 1 fully saturated rings. The lowest BCUT2D eigenvalue weighted by atomic mass is 9.74. The summed E-state index contributed by atoms with van der Waals surface area (Å²) < 4.78 is 46.4. The highest BCUT2D eigenvalue weighted by molar-refractivity contribution is 5.31. The second-order valence-electron chi connectivity index (χ2n) is 5.41. The largest absolute Gasteiger partial charge is 0.573 e. The SMILES string of the molecule is CNC(CC1(OC)CCC1)c1cccc(OC(F)(F)F)c1. The van der Waals surface area contributed by atoms with Crippen molar-refractivity contribution >= 4 is 0 Å². The summed E-state index contributed by atoms with van der Waals surface area (Å²) in [5, 5.41) is 3.15. The van der Waals surface area contributed by atoms with Crippen LogP contribution in [-0.4, -0.2) is 26.1 Å². The van der Waals surface area contributed by atoms with E-state index in [1.807, 2.05) is 0 Å². The molecule has 1 N–H and O–H groups in total. The molecule has 0 aromatic heterocycles. The fraction of sp³-hybridized carbons (Fsp3) is 0.600. The number of nitrogens with one attached hydrogen (secondary N) is 1. The maximum Gasteiger partial charge on any atom is 0.573 e. The van der Waals surface area contributed by atoms with Crippen LogP contribution in [0, 0.1) is 0 Å². The van der Waals surface area contributed by atoms with E-state index in [-0.39, 0.29) is 17.4 Å². The summed E-state index contributed by atoms with van der Waals surface area (Å²) in [6.07, 6.45) is -0.840. The van der Waals surface area contributed by atoms with Gasteiger partial charge in [0.15, 0.2) is 0 Å². The predicted molar refractivity (Wildman–Crippen MR) is 73.1 cm³/mol. The lowest BCUT2D eigenvalue weighted by Gasteiger charge is -2.43. The van der Waals surface area contributed by atoms with Gasteiger partial charge in [-0.05, 0) is 50.4 Å². The summed E-state index contributed by atoms with van der Waals surface area (Å²) >= 11 is 0. The number of rotatable bonds is 6. The van der Waals surface area contributed by atoms with Gasteiger partial charge in [0.05, 0.1) is 5.60 Å². The summed E-state index contributed by atoms with van der Waals surface area (Å²) in [7, 11) is 3.49. The van der Waals surface area contributed by atoms with E-state index in [0.29, 0.717) is 0 Å². The quantitative estimate of drug-likeness (QED) is 0.867. The Morgan fingerprint density at radius 1 is 1.33 bits per heavy atom. The molecule has 118 valence electrons. The normalized spacial score (nSPS) is 18.9. The van der Waals surface area contributed by atoms with E-state index >= 15 is 0 Å². The standard InChI is InChI=1S/C15H20F3NO2/c1-19-13(10-14(20-2)7-4-8-14)11-5-3-6-12(9-11)21-15(16,17)18/h3,5-6,9,13,19H,4,7-8,10H2,1-2H3. The molecule has 0 spiro atoms. The Balaban J connectivity index is 2.12.